The second-order valence-corrected chi connectivity index (χ2v) is 4.64. The van der Waals surface area contributed by atoms with Crippen molar-refractivity contribution in [3.05, 3.63) is 53.7 Å². The van der Waals surface area contributed by atoms with E-state index in [1.807, 2.05) is 42.5 Å². The molecular weight excluding hydrogens is 266 g/mol. The molecule has 0 saturated heterocycles. The van der Waals surface area contributed by atoms with Crippen LogP contribution in [0.4, 0.5) is 0 Å². The van der Waals surface area contributed by atoms with Gasteiger partial charge in [0.15, 0.2) is 0 Å². The highest BCUT2D eigenvalue weighted by Gasteiger charge is 2.05. The van der Waals surface area contributed by atoms with E-state index in [1.54, 1.807) is 6.08 Å². The third-order valence-corrected chi connectivity index (χ3v) is 2.86. The first kappa shape index (κ1) is 17.0. The molecule has 0 aliphatic rings. The van der Waals surface area contributed by atoms with Gasteiger partial charge in [0.1, 0.15) is 5.70 Å². The summed E-state index contributed by atoms with van der Waals surface area (Å²) in [5, 5.41) is 9.04. The summed E-state index contributed by atoms with van der Waals surface area (Å²) in [5.41, 5.74) is 3.67. The molecule has 21 heavy (non-hydrogen) atoms. The van der Waals surface area contributed by atoms with Crippen LogP contribution in [-0.2, 0) is 9.63 Å². The molecule has 2 N–H and O–H groups in total. The van der Waals surface area contributed by atoms with E-state index in [4.69, 9.17) is 9.94 Å². The van der Waals surface area contributed by atoms with Gasteiger partial charge in [-0.05, 0) is 18.4 Å². The molecule has 1 aromatic rings. The van der Waals surface area contributed by atoms with Crippen LogP contribution in [0.5, 0.6) is 0 Å². The number of carbonyl (C=O) groups is 1. The number of aliphatic carboxylic acids is 1. The average molecular weight is 289 g/mol. The maximum atomic E-state index is 11.0. The first-order valence-electron chi connectivity index (χ1n) is 7.27. The van der Waals surface area contributed by atoms with E-state index >= 15 is 0 Å². The Morgan fingerprint density at radius 1 is 1.29 bits per heavy atom. The molecule has 0 aliphatic carbocycles. The lowest BCUT2D eigenvalue weighted by Gasteiger charge is -2.05. The number of hydrogen-bond acceptors (Lipinski definition) is 3. The van der Waals surface area contributed by atoms with Crippen LogP contribution in [0.2, 0.25) is 0 Å². The van der Waals surface area contributed by atoms with Gasteiger partial charge in [0, 0.05) is 0 Å². The monoisotopic (exact) mass is 289 g/mol. The van der Waals surface area contributed by atoms with Gasteiger partial charge in [0.25, 0.3) is 0 Å². The van der Waals surface area contributed by atoms with E-state index in [2.05, 4.69) is 12.4 Å². The maximum Gasteiger partial charge on any atom is 0.353 e. The second kappa shape index (κ2) is 10.7. The molecule has 0 atom stereocenters. The Bertz CT molecular complexity index is 466. The molecule has 0 aliphatic heterocycles. The van der Waals surface area contributed by atoms with Gasteiger partial charge >= 0.3 is 5.97 Å². The van der Waals surface area contributed by atoms with E-state index in [1.165, 1.54) is 0 Å². The number of benzene rings is 1. The summed E-state index contributed by atoms with van der Waals surface area (Å²) < 4.78 is 0. The minimum atomic E-state index is -1.00. The summed E-state index contributed by atoms with van der Waals surface area (Å²) in [6.07, 6.45) is 9.37. The molecule has 0 saturated carbocycles. The summed E-state index contributed by atoms with van der Waals surface area (Å²) >= 11 is 0. The van der Waals surface area contributed by atoms with Crippen LogP contribution in [0.1, 0.15) is 38.2 Å². The van der Waals surface area contributed by atoms with Crippen LogP contribution in [0.25, 0.3) is 6.08 Å². The fourth-order valence-corrected chi connectivity index (χ4v) is 1.73. The molecule has 0 heterocycles. The van der Waals surface area contributed by atoms with Crippen molar-refractivity contribution >= 4 is 12.0 Å². The van der Waals surface area contributed by atoms with Gasteiger partial charge in [-0.25, -0.2) is 4.79 Å². The topological polar surface area (TPSA) is 58.6 Å². The summed E-state index contributed by atoms with van der Waals surface area (Å²) in [4.78, 5) is 16.2. The van der Waals surface area contributed by atoms with E-state index < -0.39 is 5.97 Å². The van der Waals surface area contributed by atoms with Crippen molar-refractivity contribution < 1.29 is 14.7 Å². The van der Waals surface area contributed by atoms with Crippen LogP contribution in [0.3, 0.4) is 0 Å². The predicted octanol–water partition coefficient (Wildman–Crippen LogP) is 3.77. The molecule has 114 valence electrons. The number of carboxylic acid groups (broad SMARTS) is 1. The summed E-state index contributed by atoms with van der Waals surface area (Å²) in [6, 6.07) is 9.85. The zero-order valence-electron chi connectivity index (χ0n) is 12.4. The number of carboxylic acids is 1. The first-order valence-corrected chi connectivity index (χ1v) is 7.27. The first-order chi connectivity index (χ1) is 10.2. The van der Waals surface area contributed by atoms with Gasteiger partial charge < -0.3 is 5.11 Å². The van der Waals surface area contributed by atoms with E-state index in [-0.39, 0.29) is 5.70 Å². The van der Waals surface area contributed by atoms with Crippen molar-refractivity contribution in [1.29, 1.82) is 0 Å². The van der Waals surface area contributed by atoms with Crippen molar-refractivity contribution in [2.24, 2.45) is 0 Å². The number of unbranched alkanes of at least 4 members (excludes halogenated alkanes) is 3. The van der Waals surface area contributed by atoms with Gasteiger partial charge in [-0.1, -0.05) is 68.3 Å². The maximum absolute atomic E-state index is 11.0. The highest BCUT2D eigenvalue weighted by atomic mass is 16.6. The molecule has 0 amide bonds. The van der Waals surface area contributed by atoms with Crippen LogP contribution < -0.4 is 5.48 Å². The van der Waals surface area contributed by atoms with Crippen molar-refractivity contribution in [2.75, 3.05) is 6.61 Å². The van der Waals surface area contributed by atoms with E-state index in [0.717, 1.165) is 31.2 Å². The molecule has 4 nitrogen and oxygen atoms in total. The van der Waals surface area contributed by atoms with Gasteiger partial charge in [-0.15, -0.1) is 0 Å². The van der Waals surface area contributed by atoms with Gasteiger partial charge in [-0.2, -0.15) is 0 Å². The Morgan fingerprint density at radius 3 is 2.71 bits per heavy atom. The molecule has 0 spiro atoms. The molecule has 4 heteroatoms. The highest BCUT2D eigenvalue weighted by Crippen LogP contribution is 2.03. The zero-order chi connectivity index (χ0) is 15.3. The molecule has 1 rings (SSSR count). The van der Waals surface area contributed by atoms with Gasteiger partial charge in [0.2, 0.25) is 0 Å². The molecule has 0 radical (unpaired) electrons. The third kappa shape index (κ3) is 7.95. The van der Waals surface area contributed by atoms with E-state index in [0.29, 0.717) is 6.61 Å². The lowest BCUT2D eigenvalue weighted by atomic mass is 10.2. The van der Waals surface area contributed by atoms with Crippen molar-refractivity contribution in [1.82, 2.24) is 5.48 Å². The lowest BCUT2D eigenvalue weighted by molar-refractivity contribution is -0.134. The lowest BCUT2D eigenvalue weighted by Crippen LogP contribution is -2.20. The molecule has 1 aromatic carbocycles. The average Bonchev–Trinajstić information content (AvgIpc) is 2.49. The van der Waals surface area contributed by atoms with Crippen molar-refractivity contribution in [3.8, 4) is 0 Å². The Hall–Kier alpha value is -2.07. The van der Waals surface area contributed by atoms with Gasteiger partial charge in [-0.3, -0.25) is 10.3 Å². The Kier molecular flexibility index (Phi) is 8.64. The Balaban J connectivity index is 2.30. The van der Waals surface area contributed by atoms with Crippen LogP contribution >= 0.6 is 0 Å². The highest BCUT2D eigenvalue weighted by molar-refractivity contribution is 5.85. The molecule has 0 aromatic heterocycles. The van der Waals surface area contributed by atoms with Crippen LogP contribution in [0, 0.1) is 0 Å². The number of rotatable bonds is 10. The smallest absolute Gasteiger partial charge is 0.353 e. The van der Waals surface area contributed by atoms with Gasteiger partial charge in [0.05, 0.1) is 6.61 Å². The fourth-order valence-electron chi connectivity index (χ4n) is 1.73. The summed E-state index contributed by atoms with van der Waals surface area (Å²) in [7, 11) is 0. The number of allylic oxidation sites excluding steroid dienone is 1. The Morgan fingerprint density at radius 2 is 2.05 bits per heavy atom. The van der Waals surface area contributed by atoms with Crippen molar-refractivity contribution in [3.63, 3.8) is 0 Å². The number of nitrogens with one attached hydrogen (secondary N) is 1. The number of hydroxylamine groups is 1. The van der Waals surface area contributed by atoms with E-state index in [9.17, 15) is 4.79 Å². The Labute approximate surface area is 126 Å². The quantitative estimate of drug-likeness (QED) is 0.391. The molecular formula is C17H23NO3. The normalized spacial score (nSPS) is 11.8. The second-order valence-electron chi connectivity index (χ2n) is 4.64. The van der Waals surface area contributed by atoms with Crippen LogP contribution in [-0.4, -0.2) is 17.7 Å². The summed E-state index contributed by atoms with van der Waals surface area (Å²) in [5.74, 6) is -1.00. The third-order valence-electron chi connectivity index (χ3n) is 2.86. The van der Waals surface area contributed by atoms with Crippen molar-refractivity contribution in [2.45, 2.75) is 32.6 Å². The molecule has 0 bridgehead atoms. The minimum absolute atomic E-state index is 0.0965. The molecule has 0 unspecified atom stereocenters. The van der Waals surface area contributed by atoms with Crippen LogP contribution in [0.15, 0.2) is 48.2 Å². The predicted molar refractivity (Wildman–Crippen MR) is 84.4 cm³/mol. The standard InChI is InChI=1S/C17H23NO3/c1-2-3-4-8-13-16(17(19)20)18-21-14-9-12-15-10-6-5-7-11-15/h5-7,9-13,18H,2-4,8,14H2,1H3,(H,19,20). The zero-order valence-corrected chi connectivity index (χ0v) is 12.4. The number of hydrogen-bond donors (Lipinski definition) is 2. The minimum Gasteiger partial charge on any atom is -0.477 e. The molecule has 0 fully saturated rings. The summed E-state index contributed by atoms with van der Waals surface area (Å²) in [6.45, 7) is 2.41. The largest absolute Gasteiger partial charge is 0.477 e. The SMILES string of the molecule is CCCCCC=C(NOCC=Cc1ccccc1)C(=O)O. The fraction of sp³-hybridized carbons (Fsp3) is 0.353.